The van der Waals surface area contributed by atoms with Crippen LogP contribution in [0.25, 0.3) is 0 Å². The molecular weight excluding hydrogens is 192 g/mol. The lowest BCUT2D eigenvalue weighted by molar-refractivity contribution is 0.500. The lowest BCUT2D eigenvalue weighted by Gasteiger charge is -2.22. The minimum Gasteiger partial charge on any atom is -0.387 e. The molecule has 3 N–H and O–H groups in total. The van der Waals surface area contributed by atoms with Gasteiger partial charge in [-0.3, -0.25) is 5.41 Å². The molecule has 84 valence electrons. The second-order valence-electron chi connectivity index (χ2n) is 4.37. The van der Waals surface area contributed by atoms with E-state index in [2.05, 4.69) is 6.92 Å². The van der Waals surface area contributed by atoms with Crippen molar-refractivity contribution in [3.05, 3.63) is 0 Å². The van der Waals surface area contributed by atoms with Crippen LogP contribution in [-0.2, 0) is 0 Å². The predicted octanol–water partition coefficient (Wildman–Crippen LogP) is 3.26. The van der Waals surface area contributed by atoms with E-state index in [0.29, 0.717) is 5.84 Å². The SMILES string of the molecule is CCCCCSCCC(C)(C)C(=N)N. The highest BCUT2D eigenvalue weighted by atomic mass is 32.2. The first kappa shape index (κ1) is 13.8. The zero-order valence-corrected chi connectivity index (χ0v) is 10.5. The molecule has 0 saturated heterocycles. The molecule has 0 radical (unpaired) electrons. The molecule has 3 heteroatoms. The van der Waals surface area contributed by atoms with E-state index in [1.165, 1.54) is 25.0 Å². The van der Waals surface area contributed by atoms with Gasteiger partial charge in [-0.25, -0.2) is 0 Å². The van der Waals surface area contributed by atoms with E-state index in [9.17, 15) is 0 Å². The Bertz CT molecular complexity index is 167. The Balaban J connectivity index is 3.40. The molecule has 0 fully saturated rings. The van der Waals surface area contributed by atoms with Crippen molar-refractivity contribution in [3.63, 3.8) is 0 Å². The number of thioether (sulfide) groups is 1. The van der Waals surface area contributed by atoms with Crippen molar-refractivity contribution in [1.82, 2.24) is 0 Å². The Labute approximate surface area is 92.5 Å². The van der Waals surface area contributed by atoms with Crippen LogP contribution in [0.5, 0.6) is 0 Å². The highest BCUT2D eigenvalue weighted by Crippen LogP contribution is 2.22. The van der Waals surface area contributed by atoms with E-state index in [1.807, 2.05) is 25.6 Å². The summed E-state index contributed by atoms with van der Waals surface area (Å²) in [5.41, 5.74) is 5.39. The Morgan fingerprint density at radius 1 is 1.29 bits per heavy atom. The van der Waals surface area contributed by atoms with Crippen molar-refractivity contribution in [2.75, 3.05) is 11.5 Å². The summed E-state index contributed by atoms with van der Waals surface area (Å²) in [5.74, 6) is 2.68. The van der Waals surface area contributed by atoms with Gasteiger partial charge in [-0.15, -0.1) is 0 Å². The van der Waals surface area contributed by atoms with Gasteiger partial charge in [-0.1, -0.05) is 33.6 Å². The number of rotatable bonds is 8. The molecule has 0 aromatic carbocycles. The Morgan fingerprint density at radius 2 is 1.93 bits per heavy atom. The van der Waals surface area contributed by atoms with Crippen LogP contribution in [0.1, 0.15) is 46.5 Å². The van der Waals surface area contributed by atoms with Crippen LogP contribution >= 0.6 is 11.8 Å². The number of hydrogen-bond donors (Lipinski definition) is 2. The third-order valence-electron chi connectivity index (χ3n) is 2.49. The van der Waals surface area contributed by atoms with Crippen molar-refractivity contribution >= 4 is 17.6 Å². The van der Waals surface area contributed by atoms with Crippen molar-refractivity contribution in [3.8, 4) is 0 Å². The molecule has 0 heterocycles. The summed E-state index contributed by atoms with van der Waals surface area (Å²) in [5, 5.41) is 7.41. The van der Waals surface area contributed by atoms with Crippen LogP contribution in [0.2, 0.25) is 0 Å². The molecule has 0 rings (SSSR count). The van der Waals surface area contributed by atoms with Crippen LogP contribution < -0.4 is 5.73 Å². The summed E-state index contributed by atoms with van der Waals surface area (Å²) < 4.78 is 0. The average molecular weight is 216 g/mol. The molecule has 0 aliphatic heterocycles. The van der Waals surface area contributed by atoms with Gasteiger partial charge in [-0.05, 0) is 24.3 Å². The Hall–Kier alpha value is -0.180. The van der Waals surface area contributed by atoms with Crippen molar-refractivity contribution < 1.29 is 0 Å². The second kappa shape index (κ2) is 7.16. The molecule has 0 aliphatic carbocycles. The van der Waals surface area contributed by atoms with Gasteiger partial charge in [0.2, 0.25) is 0 Å². The minimum atomic E-state index is -0.113. The fraction of sp³-hybridized carbons (Fsp3) is 0.909. The monoisotopic (exact) mass is 216 g/mol. The number of nitrogens with one attached hydrogen (secondary N) is 1. The highest BCUT2D eigenvalue weighted by Gasteiger charge is 2.20. The largest absolute Gasteiger partial charge is 0.387 e. The maximum atomic E-state index is 7.41. The summed E-state index contributed by atoms with van der Waals surface area (Å²) in [4.78, 5) is 0. The van der Waals surface area contributed by atoms with Crippen molar-refractivity contribution in [1.29, 1.82) is 5.41 Å². The molecule has 0 aromatic rings. The van der Waals surface area contributed by atoms with Crippen LogP contribution in [-0.4, -0.2) is 17.3 Å². The first-order valence-corrected chi connectivity index (χ1v) is 6.58. The van der Waals surface area contributed by atoms with Gasteiger partial charge in [0, 0.05) is 5.41 Å². The van der Waals surface area contributed by atoms with Crippen molar-refractivity contribution in [2.24, 2.45) is 11.1 Å². The number of amidine groups is 1. The molecule has 14 heavy (non-hydrogen) atoms. The van der Waals surface area contributed by atoms with E-state index in [4.69, 9.17) is 11.1 Å². The normalized spacial score (nSPS) is 11.6. The van der Waals surface area contributed by atoms with Crippen LogP contribution in [0.15, 0.2) is 0 Å². The molecule has 0 spiro atoms. The summed E-state index contributed by atoms with van der Waals surface area (Å²) in [7, 11) is 0. The molecule has 0 aromatic heterocycles. The third kappa shape index (κ3) is 6.30. The molecule has 0 unspecified atom stereocenters. The Kier molecular flexibility index (Phi) is 7.06. The van der Waals surface area contributed by atoms with E-state index in [1.54, 1.807) is 0 Å². The molecule has 0 aliphatic rings. The molecule has 0 saturated carbocycles. The quantitative estimate of drug-likeness (QED) is 0.372. The van der Waals surface area contributed by atoms with Gasteiger partial charge in [0.05, 0.1) is 5.84 Å². The number of unbranched alkanes of at least 4 members (excludes halogenated alkanes) is 2. The van der Waals surface area contributed by atoms with E-state index >= 15 is 0 Å². The zero-order chi connectivity index (χ0) is 11.0. The molecule has 2 nitrogen and oxygen atoms in total. The third-order valence-corrected chi connectivity index (χ3v) is 3.56. The second-order valence-corrected chi connectivity index (χ2v) is 5.59. The number of nitrogens with two attached hydrogens (primary N) is 1. The van der Waals surface area contributed by atoms with Crippen LogP contribution in [0, 0.1) is 10.8 Å². The van der Waals surface area contributed by atoms with Crippen molar-refractivity contribution in [2.45, 2.75) is 46.5 Å². The average Bonchev–Trinajstić information content (AvgIpc) is 2.10. The van der Waals surface area contributed by atoms with E-state index in [0.717, 1.165) is 12.2 Å². The zero-order valence-electron chi connectivity index (χ0n) is 9.73. The van der Waals surface area contributed by atoms with Gasteiger partial charge in [-0.2, -0.15) is 11.8 Å². The maximum Gasteiger partial charge on any atom is 0.0963 e. The highest BCUT2D eigenvalue weighted by molar-refractivity contribution is 7.99. The number of hydrogen-bond acceptors (Lipinski definition) is 2. The van der Waals surface area contributed by atoms with Gasteiger partial charge < -0.3 is 5.73 Å². The molecule has 0 bridgehead atoms. The first-order valence-electron chi connectivity index (χ1n) is 5.43. The molecule has 0 amide bonds. The van der Waals surface area contributed by atoms with Gasteiger partial charge in [0.25, 0.3) is 0 Å². The van der Waals surface area contributed by atoms with Gasteiger partial charge in [0.15, 0.2) is 0 Å². The lowest BCUT2D eigenvalue weighted by Crippen LogP contribution is -2.31. The maximum absolute atomic E-state index is 7.41. The van der Waals surface area contributed by atoms with Gasteiger partial charge in [0.1, 0.15) is 0 Å². The van der Waals surface area contributed by atoms with E-state index < -0.39 is 0 Å². The van der Waals surface area contributed by atoms with E-state index in [-0.39, 0.29) is 5.41 Å². The standard InChI is InChI=1S/C11H24N2S/c1-4-5-6-8-14-9-7-11(2,3)10(12)13/h4-9H2,1-3H3,(H3,12,13). The fourth-order valence-electron chi connectivity index (χ4n) is 1.02. The first-order chi connectivity index (χ1) is 6.50. The summed E-state index contributed by atoms with van der Waals surface area (Å²) >= 11 is 1.99. The van der Waals surface area contributed by atoms with Gasteiger partial charge >= 0.3 is 0 Å². The fourth-order valence-corrected chi connectivity index (χ4v) is 2.29. The Morgan fingerprint density at radius 3 is 2.43 bits per heavy atom. The predicted molar refractivity (Wildman–Crippen MR) is 67.2 cm³/mol. The summed E-state index contributed by atoms with van der Waals surface area (Å²) in [6, 6.07) is 0. The summed E-state index contributed by atoms with van der Waals surface area (Å²) in [6.45, 7) is 6.31. The lowest BCUT2D eigenvalue weighted by atomic mass is 9.89. The minimum absolute atomic E-state index is 0.113. The smallest absolute Gasteiger partial charge is 0.0963 e. The molecular formula is C11H24N2S. The molecule has 0 atom stereocenters. The summed E-state index contributed by atoms with van der Waals surface area (Å²) in [6.07, 6.45) is 4.96. The van der Waals surface area contributed by atoms with Crippen LogP contribution in [0.4, 0.5) is 0 Å². The van der Waals surface area contributed by atoms with Crippen LogP contribution in [0.3, 0.4) is 0 Å². The topological polar surface area (TPSA) is 49.9 Å².